The van der Waals surface area contributed by atoms with E-state index in [0.29, 0.717) is 12.1 Å². The Morgan fingerprint density at radius 3 is 2.77 bits per heavy atom. The topological polar surface area (TPSA) is 106 Å². The molecule has 0 bridgehead atoms. The van der Waals surface area contributed by atoms with Crippen LogP contribution in [0.4, 0.5) is 5.82 Å². The summed E-state index contributed by atoms with van der Waals surface area (Å²) in [5.74, 6) is 0.101. The quantitative estimate of drug-likeness (QED) is 0.664. The van der Waals surface area contributed by atoms with Crippen LogP contribution in [0.15, 0.2) is 30.5 Å². The summed E-state index contributed by atoms with van der Waals surface area (Å²) >= 11 is 0. The van der Waals surface area contributed by atoms with Gasteiger partial charge in [0.1, 0.15) is 17.3 Å². The standard InChI is InChI=1S/C19H23N3O4/c1-12-16(24)8-14(9-17(12)25)19(26)21-10-13-4-2-6-20-18(13)22-7-3-5-15(23)11-22/h2,4,6,8-9,15,23-25H,3,5,7,10-11H2,1H3,(H,21,26)/t15-/m0/s1. The minimum atomic E-state index is -0.399. The van der Waals surface area contributed by atoms with Crippen molar-refractivity contribution < 1.29 is 20.1 Å². The average Bonchev–Trinajstić information content (AvgIpc) is 2.64. The molecule has 0 radical (unpaired) electrons. The molecule has 0 spiro atoms. The minimum Gasteiger partial charge on any atom is -0.508 e. The van der Waals surface area contributed by atoms with Crippen LogP contribution in [0, 0.1) is 6.92 Å². The number of aromatic hydroxyl groups is 2. The van der Waals surface area contributed by atoms with E-state index in [1.807, 2.05) is 11.0 Å². The van der Waals surface area contributed by atoms with Gasteiger partial charge in [0, 0.05) is 42.5 Å². The molecule has 1 fully saturated rings. The van der Waals surface area contributed by atoms with Crippen molar-refractivity contribution in [3.8, 4) is 11.5 Å². The van der Waals surface area contributed by atoms with Gasteiger partial charge in [-0.25, -0.2) is 4.98 Å². The molecule has 1 atom stereocenters. The first-order valence-corrected chi connectivity index (χ1v) is 8.63. The van der Waals surface area contributed by atoms with Gasteiger partial charge in [-0.05, 0) is 38.0 Å². The summed E-state index contributed by atoms with van der Waals surface area (Å²) in [6, 6.07) is 6.34. The molecule has 7 heteroatoms. The Balaban J connectivity index is 1.73. The summed E-state index contributed by atoms with van der Waals surface area (Å²) in [4.78, 5) is 18.8. The number of aromatic nitrogens is 1. The predicted octanol–water partition coefficient (Wildman–Crippen LogP) is 1.69. The summed E-state index contributed by atoms with van der Waals surface area (Å²) in [5.41, 5.74) is 1.36. The van der Waals surface area contributed by atoms with Crippen LogP contribution in [0.25, 0.3) is 0 Å². The van der Waals surface area contributed by atoms with E-state index >= 15 is 0 Å². The number of aliphatic hydroxyl groups is 1. The van der Waals surface area contributed by atoms with E-state index in [1.165, 1.54) is 12.1 Å². The maximum absolute atomic E-state index is 12.4. The van der Waals surface area contributed by atoms with E-state index in [0.717, 1.165) is 30.8 Å². The number of benzene rings is 1. The number of carbonyl (C=O) groups excluding carboxylic acids is 1. The van der Waals surface area contributed by atoms with E-state index in [9.17, 15) is 20.1 Å². The first-order valence-electron chi connectivity index (χ1n) is 8.63. The zero-order valence-electron chi connectivity index (χ0n) is 14.6. The lowest BCUT2D eigenvalue weighted by molar-refractivity contribution is 0.0950. The Labute approximate surface area is 151 Å². The molecule has 1 aromatic heterocycles. The van der Waals surface area contributed by atoms with E-state index in [-0.39, 0.29) is 29.7 Å². The lowest BCUT2D eigenvalue weighted by Crippen LogP contribution is -2.39. The highest BCUT2D eigenvalue weighted by Crippen LogP contribution is 2.27. The molecule has 1 aromatic carbocycles. The molecular formula is C19H23N3O4. The summed E-state index contributed by atoms with van der Waals surface area (Å²) in [6.45, 7) is 3.16. The highest BCUT2D eigenvalue weighted by molar-refractivity contribution is 5.95. The number of rotatable bonds is 4. The van der Waals surface area contributed by atoms with Crippen LogP contribution in [0.5, 0.6) is 11.5 Å². The van der Waals surface area contributed by atoms with Gasteiger partial charge in [-0.1, -0.05) is 6.07 Å². The Morgan fingerprint density at radius 2 is 2.08 bits per heavy atom. The largest absolute Gasteiger partial charge is 0.508 e. The third-order valence-electron chi connectivity index (χ3n) is 4.62. The summed E-state index contributed by atoms with van der Waals surface area (Å²) in [7, 11) is 0. The first kappa shape index (κ1) is 18.0. The van der Waals surface area contributed by atoms with Crippen molar-refractivity contribution in [3.63, 3.8) is 0 Å². The molecule has 1 aliphatic heterocycles. The van der Waals surface area contributed by atoms with Crippen molar-refractivity contribution in [2.24, 2.45) is 0 Å². The molecule has 138 valence electrons. The number of nitrogens with one attached hydrogen (secondary N) is 1. The number of phenolic OH excluding ortho intramolecular Hbond substituents is 2. The first-order chi connectivity index (χ1) is 12.5. The maximum Gasteiger partial charge on any atom is 0.251 e. The van der Waals surface area contributed by atoms with Crippen molar-refractivity contribution in [2.45, 2.75) is 32.4 Å². The van der Waals surface area contributed by atoms with Crippen molar-refractivity contribution >= 4 is 11.7 Å². The number of hydrogen-bond donors (Lipinski definition) is 4. The third kappa shape index (κ3) is 3.88. The van der Waals surface area contributed by atoms with Crippen molar-refractivity contribution in [3.05, 3.63) is 47.2 Å². The summed E-state index contributed by atoms with van der Waals surface area (Å²) < 4.78 is 0. The van der Waals surface area contributed by atoms with Crippen molar-refractivity contribution in [1.82, 2.24) is 10.3 Å². The van der Waals surface area contributed by atoms with Gasteiger partial charge < -0.3 is 25.5 Å². The van der Waals surface area contributed by atoms with Gasteiger partial charge in [-0.3, -0.25) is 4.79 Å². The Morgan fingerprint density at radius 1 is 1.35 bits per heavy atom. The smallest absolute Gasteiger partial charge is 0.251 e. The molecular weight excluding hydrogens is 334 g/mol. The molecule has 7 nitrogen and oxygen atoms in total. The molecule has 3 rings (SSSR count). The SMILES string of the molecule is Cc1c(O)cc(C(=O)NCc2cccnc2N2CCC[C@H](O)C2)cc1O. The number of anilines is 1. The maximum atomic E-state index is 12.4. The molecule has 26 heavy (non-hydrogen) atoms. The zero-order chi connectivity index (χ0) is 18.7. The fourth-order valence-corrected chi connectivity index (χ4v) is 3.09. The van der Waals surface area contributed by atoms with Gasteiger partial charge in [-0.15, -0.1) is 0 Å². The molecule has 2 aromatic rings. The van der Waals surface area contributed by atoms with Gasteiger partial charge >= 0.3 is 0 Å². The van der Waals surface area contributed by atoms with E-state index in [1.54, 1.807) is 19.2 Å². The van der Waals surface area contributed by atoms with Crippen LogP contribution in [0.3, 0.4) is 0 Å². The van der Waals surface area contributed by atoms with Crippen LogP contribution >= 0.6 is 0 Å². The number of aliphatic hydroxyl groups excluding tert-OH is 1. The highest BCUT2D eigenvalue weighted by atomic mass is 16.3. The molecule has 1 aliphatic rings. The van der Waals surface area contributed by atoms with E-state index < -0.39 is 5.91 Å². The Hall–Kier alpha value is -2.80. The van der Waals surface area contributed by atoms with E-state index in [4.69, 9.17) is 0 Å². The third-order valence-corrected chi connectivity index (χ3v) is 4.62. The van der Waals surface area contributed by atoms with Gasteiger partial charge in [0.25, 0.3) is 5.91 Å². The second-order valence-electron chi connectivity index (χ2n) is 6.55. The molecule has 1 saturated heterocycles. The zero-order valence-corrected chi connectivity index (χ0v) is 14.6. The number of nitrogens with zero attached hydrogens (tertiary/aromatic N) is 2. The minimum absolute atomic E-state index is 0.125. The van der Waals surface area contributed by atoms with Gasteiger partial charge in [-0.2, -0.15) is 0 Å². The molecule has 1 amide bonds. The molecule has 4 N–H and O–H groups in total. The van der Waals surface area contributed by atoms with E-state index in [2.05, 4.69) is 10.3 Å². The van der Waals surface area contributed by atoms with Crippen LogP contribution < -0.4 is 10.2 Å². The van der Waals surface area contributed by atoms with Gasteiger partial charge in [0.15, 0.2) is 0 Å². The molecule has 2 heterocycles. The molecule has 0 unspecified atom stereocenters. The van der Waals surface area contributed by atoms with Crippen LogP contribution in [-0.4, -0.2) is 45.4 Å². The number of amides is 1. The second-order valence-corrected chi connectivity index (χ2v) is 6.55. The predicted molar refractivity (Wildman–Crippen MR) is 97.4 cm³/mol. The number of hydrogen-bond acceptors (Lipinski definition) is 6. The Bertz CT molecular complexity index is 786. The lowest BCUT2D eigenvalue weighted by atomic mass is 10.1. The molecule has 0 aliphatic carbocycles. The van der Waals surface area contributed by atoms with Crippen molar-refractivity contribution in [2.75, 3.05) is 18.0 Å². The number of pyridine rings is 1. The highest BCUT2D eigenvalue weighted by Gasteiger charge is 2.21. The second kappa shape index (κ2) is 7.61. The van der Waals surface area contributed by atoms with Gasteiger partial charge in [0.05, 0.1) is 6.10 Å². The van der Waals surface area contributed by atoms with Crippen molar-refractivity contribution in [1.29, 1.82) is 0 Å². The summed E-state index contributed by atoms with van der Waals surface area (Å²) in [6.07, 6.45) is 3.01. The van der Waals surface area contributed by atoms with Crippen LogP contribution in [-0.2, 0) is 6.54 Å². The number of carbonyl (C=O) groups is 1. The lowest BCUT2D eigenvalue weighted by Gasteiger charge is -2.32. The molecule has 0 saturated carbocycles. The average molecular weight is 357 g/mol. The normalized spacial score (nSPS) is 17.2. The fraction of sp³-hybridized carbons (Fsp3) is 0.368. The number of piperidine rings is 1. The Kier molecular flexibility index (Phi) is 5.27. The number of phenols is 2. The van der Waals surface area contributed by atoms with Gasteiger partial charge in [0.2, 0.25) is 0 Å². The fourth-order valence-electron chi connectivity index (χ4n) is 3.09. The van der Waals surface area contributed by atoms with Crippen LogP contribution in [0.2, 0.25) is 0 Å². The monoisotopic (exact) mass is 357 g/mol. The summed E-state index contributed by atoms with van der Waals surface area (Å²) in [5, 5.41) is 32.2. The number of β-amino-alcohol motifs (C(OH)–C–C–N with tert-alkyl or cyclic N) is 1. The van der Waals surface area contributed by atoms with Crippen LogP contribution in [0.1, 0.15) is 34.3 Å².